The van der Waals surface area contributed by atoms with Gasteiger partial charge in [0.05, 0.1) is 5.69 Å². The molecule has 1 aromatic rings. The molecule has 6 nitrogen and oxygen atoms in total. The second-order valence-electron chi connectivity index (χ2n) is 3.98. The molecule has 16 heavy (non-hydrogen) atoms. The van der Waals surface area contributed by atoms with Gasteiger partial charge < -0.3 is 20.7 Å². The lowest BCUT2D eigenvalue weighted by molar-refractivity contribution is -0.389. The third kappa shape index (κ3) is 2.27. The summed E-state index contributed by atoms with van der Waals surface area (Å²) in [6.45, 7) is 1.73. The van der Waals surface area contributed by atoms with E-state index in [0.29, 0.717) is 0 Å². The highest BCUT2D eigenvalue weighted by atomic mass is 16.6. The maximum atomic E-state index is 10.5. The van der Waals surface area contributed by atoms with E-state index in [0.717, 1.165) is 31.6 Å². The van der Waals surface area contributed by atoms with E-state index in [9.17, 15) is 10.1 Å². The van der Waals surface area contributed by atoms with Crippen LogP contribution in [-0.2, 0) is 0 Å². The van der Waals surface area contributed by atoms with Crippen LogP contribution < -0.4 is 10.6 Å². The van der Waals surface area contributed by atoms with Crippen molar-refractivity contribution in [1.82, 2.24) is 4.98 Å². The van der Waals surface area contributed by atoms with Crippen molar-refractivity contribution >= 4 is 11.5 Å². The molecule has 0 bridgehead atoms. The number of aromatic nitrogens is 1. The quantitative estimate of drug-likeness (QED) is 0.594. The van der Waals surface area contributed by atoms with Crippen molar-refractivity contribution in [2.24, 2.45) is 5.73 Å². The Morgan fingerprint density at radius 3 is 2.94 bits per heavy atom. The Bertz CT molecular complexity index is 379. The highest BCUT2D eigenvalue weighted by Crippen LogP contribution is 2.20. The molecule has 2 rings (SSSR count). The minimum atomic E-state index is -0.494. The Labute approximate surface area is 93.2 Å². The molecule has 1 aliphatic heterocycles. The standard InChI is InChI=1S/C10H14N4O2/c11-8-2-1-5-13(7-8)9-3-4-10(12-6-9)14(15)16/h3-4,6,8H,1-2,5,7,11H2/t8-/m0/s1. The molecule has 1 atom stereocenters. The number of anilines is 1. The molecule has 2 N–H and O–H groups in total. The summed E-state index contributed by atoms with van der Waals surface area (Å²) in [5.74, 6) is -0.120. The SMILES string of the molecule is N[C@H]1CCCN(c2ccc([N+](=O)[O-])nc2)C1. The predicted molar refractivity (Wildman–Crippen MR) is 60.3 cm³/mol. The van der Waals surface area contributed by atoms with E-state index < -0.39 is 4.92 Å². The summed E-state index contributed by atoms with van der Waals surface area (Å²) in [6.07, 6.45) is 3.63. The van der Waals surface area contributed by atoms with Gasteiger partial charge in [0.25, 0.3) is 0 Å². The Balaban J connectivity index is 2.11. The van der Waals surface area contributed by atoms with Crippen LogP contribution in [0.25, 0.3) is 0 Å². The van der Waals surface area contributed by atoms with Crippen LogP contribution in [0.1, 0.15) is 12.8 Å². The zero-order chi connectivity index (χ0) is 11.5. The van der Waals surface area contributed by atoms with E-state index in [1.54, 1.807) is 6.07 Å². The molecular formula is C10H14N4O2. The fourth-order valence-corrected chi connectivity index (χ4v) is 1.92. The highest BCUT2D eigenvalue weighted by Gasteiger charge is 2.18. The number of rotatable bonds is 2. The van der Waals surface area contributed by atoms with Crippen molar-refractivity contribution < 1.29 is 4.92 Å². The zero-order valence-electron chi connectivity index (χ0n) is 8.87. The van der Waals surface area contributed by atoms with Crippen LogP contribution in [0.3, 0.4) is 0 Å². The summed E-state index contributed by atoms with van der Waals surface area (Å²) in [7, 11) is 0. The maximum Gasteiger partial charge on any atom is 0.363 e. The second kappa shape index (κ2) is 4.44. The number of pyridine rings is 1. The van der Waals surface area contributed by atoms with Gasteiger partial charge in [-0.15, -0.1) is 0 Å². The highest BCUT2D eigenvalue weighted by molar-refractivity contribution is 5.47. The lowest BCUT2D eigenvalue weighted by Crippen LogP contribution is -2.42. The summed E-state index contributed by atoms with van der Waals surface area (Å²) in [6, 6.07) is 3.34. The third-order valence-electron chi connectivity index (χ3n) is 2.74. The number of nitro groups is 1. The molecule has 1 fully saturated rings. The molecule has 1 aromatic heterocycles. The number of hydrogen-bond acceptors (Lipinski definition) is 5. The van der Waals surface area contributed by atoms with Crippen LogP contribution in [0.15, 0.2) is 18.3 Å². The Morgan fingerprint density at radius 1 is 1.56 bits per heavy atom. The molecule has 0 radical (unpaired) electrons. The van der Waals surface area contributed by atoms with Gasteiger partial charge in [0.1, 0.15) is 0 Å². The molecule has 0 amide bonds. The third-order valence-corrected chi connectivity index (χ3v) is 2.74. The van der Waals surface area contributed by atoms with Gasteiger partial charge in [-0.25, -0.2) is 0 Å². The fraction of sp³-hybridized carbons (Fsp3) is 0.500. The molecule has 2 heterocycles. The molecular weight excluding hydrogens is 208 g/mol. The first-order valence-corrected chi connectivity index (χ1v) is 5.28. The van der Waals surface area contributed by atoms with E-state index in [4.69, 9.17) is 5.73 Å². The Morgan fingerprint density at radius 2 is 2.38 bits per heavy atom. The summed E-state index contributed by atoms with van der Waals surface area (Å²) in [5.41, 5.74) is 6.77. The number of piperidine rings is 1. The molecule has 0 aromatic carbocycles. The lowest BCUT2D eigenvalue weighted by Gasteiger charge is -2.31. The summed E-state index contributed by atoms with van der Waals surface area (Å²) in [4.78, 5) is 15.9. The average Bonchev–Trinajstić information content (AvgIpc) is 2.29. The topological polar surface area (TPSA) is 85.3 Å². The van der Waals surface area contributed by atoms with Crippen molar-refractivity contribution in [3.63, 3.8) is 0 Å². The minimum absolute atomic E-state index is 0.120. The van der Waals surface area contributed by atoms with Crippen molar-refractivity contribution in [1.29, 1.82) is 0 Å². The van der Waals surface area contributed by atoms with E-state index in [1.807, 2.05) is 0 Å². The van der Waals surface area contributed by atoms with Crippen LogP contribution in [0, 0.1) is 10.1 Å². The first-order chi connectivity index (χ1) is 7.66. The van der Waals surface area contributed by atoms with Crippen LogP contribution >= 0.6 is 0 Å². The molecule has 86 valence electrons. The molecule has 0 saturated carbocycles. The van der Waals surface area contributed by atoms with E-state index >= 15 is 0 Å². The summed E-state index contributed by atoms with van der Waals surface area (Å²) >= 11 is 0. The van der Waals surface area contributed by atoms with Crippen molar-refractivity contribution in [3.8, 4) is 0 Å². The van der Waals surface area contributed by atoms with Gasteiger partial charge >= 0.3 is 5.82 Å². The van der Waals surface area contributed by atoms with Gasteiger partial charge in [-0.2, -0.15) is 0 Å². The Kier molecular flexibility index (Phi) is 3.00. The van der Waals surface area contributed by atoms with Gasteiger partial charge in [-0.05, 0) is 28.8 Å². The largest absolute Gasteiger partial charge is 0.367 e. The number of hydrogen-bond donors (Lipinski definition) is 1. The van der Waals surface area contributed by atoms with E-state index in [1.165, 1.54) is 12.3 Å². The fourth-order valence-electron chi connectivity index (χ4n) is 1.92. The molecule has 0 unspecified atom stereocenters. The lowest BCUT2D eigenvalue weighted by atomic mass is 10.1. The van der Waals surface area contributed by atoms with Gasteiger partial charge in [-0.1, -0.05) is 0 Å². The van der Waals surface area contributed by atoms with Crippen LogP contribution in [0.4, 0.5) is 11.5 Å². The molecule has 1 aliphatic rings. The summed E-state index contributed by atoms with van der Waals surface area (Å²) < 4.78 is 0. The summed E-state index contributed by atoms with van der Waals surface area (Å²) in [5, 5.41) is 10.5. The van der Waals surface area contributed by atoms with Crippen LogP contribution in [0.2, 0.25) is 0 Å². The zero-order valence-corrected chi connectivity index (χ0v) is 8.87. The van der Waals surface area contributed by atoms with Crippen molar-refractivity contribution in [3.05, 3.63) is 28.4 Å². The molecule has 0 aliphatic carbocycles. The predicted octanol–water partition coefficient (Wildman–Crippen LogP) is 0.917. The molecule has 6 heteroatoms. The van der Waals surface area contributed by atoms with E-state index in [2.05, 4.69) is 9.88 Å². The number of nitrogens with two attached hydrogens (primary N) is 1. The Hall–Kier alpha value is -1.69. The van der Waals surface area contributed by atoms with Crippen LogP contribution in [0.5, 0.6) is 0 Å². The molecule has 0 spiro atoms. The second-order valence-corrected chi connectivity index (χ2v) is 3.98. The van der Waals surface area contributed by atoms with Crippen molar-refractivity contribution in [2.75, 3.05) is 18.0 Å². The van der Waals surface area contributed by atoms with Crippen LogP contribution in [-0.4, -0.2) is 29.0 Å². The van der Waals surface area contributed by atoms with Gasteiger partial charge in [0, 0.05) is 25.2 Å². The monoisotopic (exact) mass is 222 g/mol. The van der Waals surface area contributed by atoms with Gasteiger partial charge in [0.2, 0.25) is 0 Å². The first-order valence-electron chi connectivity index (χ1n) is 5.28. The van der Waals surface area contributed by atoms with Crippen molar-refractivity contribution in [2.45, 2.75) is 18.9 Å². The first kappa shape index (κ1) is 10.8. The van der Waals surface area contributed by atoms with Gasteiger partial charge in [0.15, 0.2) is 6.20 Å². The van der Waals surface area contributed by atoms with E-state index in [-0.39, 0.29) is 11.9 Å². The van der Waals surface area contributed by atoms with Gasteiger partial charge in [-0.3, -0.25) is 0 Å². The minimum Gasteiger partial charge on any atom is -0.367 e. The normalized spacial score (nSPS) is 20.8. The smallest absolute Gasteiger partial charge is 0.363 e. The maximum absolute atomic E-state index is 10.5. The number of nitrogens with zero attached hydrogens (tertiary/aromatic N) is 3. The molecule has 1 saturated heterocycles. The average molecular weight is 222 g/mol.